The van der Waals surface area contributed by atoms with Gasteiger partial charge < -0.3 is 10.8 Å². The van der Waals surface area contributed by atoms with E-state index in [1.54, 1.807) is 6.92 Å². The molecule has 0 aliphatic carbocycles. The van der Waals surface area contributed by atoms with E-state index in [0.29, 0.717) is 6.42 Å². The summed E-state index contributed by atoms with van der Waals surface area (Å²) in [4.78, 5) is 9.81. The molecule has 0 saturated heterocycles. The Hall–Kier alpha value is -0.660. The molecule has 4 N–H and O–H groups in total. The third-order valence-electron chi connectivity index (χ3n) is 0.757. The van der Waals surface area contributed by atoms with Gasteiger partial charge in [0.25, 0.3) is 11.0 Å². The van der Waals surface area contributed by atoms with E-state index in [2.05, 4.69) is 0 Å². The maximum Gasteiger partial charge on any atom is 0.320 e. The largest absolute Gasteiger partial charge is 0.480 e. The van der Waals surface area contributed by atoms with Gasteiger partial charge in [-0.25, -0.2) is 8.42 Å². The van der Waals surface area contributed by atoms with E-state index in [9.17, 15) is 4.79 Å². The molecule has 0 fully saturated rings. The van der Waals surface area contributed by atoms with Gasteiger partial charge in [-0.05, 0) is 6.42 Å². The summed E-state index contributed by atoms with van der Waals surface area (Å²) in [6.07, 6.45) is 0.495. The minimum atomic E-state index is -3.12. The predicted octanol–water partition coefficient (Wildman–Crippen LogP) is -1.12. The maximum atomic E-state index is 9.81. The first-order valence-corrected chi connectivity index (χ1v) is 3.86. The first kappa shape index (κ1) is 13.0. The van der Waals surface area contributed by atoms with Crippen LogP contribution < -0.4 is 5.73 Å². The standard InChI is InChI=1S/C4H9NO2.H2O3S/c1-2-3(5)4(6)7;1-4(2)3/h3H,2,5H2,1H3,(H,6,7);4H,(H,1,2,3). The number of carbonyl (C=O) groups is 1. The van der Waals surface area contributed by atoms with Crippen LogP contribution in [-0.4, -0.2) is 30.1 Å². The first-order chi connectivity index (χ1) is 4.91. The van der Waals surface area contributed by atoms with Crippen LogP contribution in [0.15, 0.2) is 0 Å². The fourth-order valence-corrected chi connectivity index (χ4v) is 0.175. The summed E-state index contributed by atoms with van der Waals surface area (Å²) >= 11 is 0. The summed E-state index contributed by atoms with van der Waals surface area (Å²) in [5.41, 5.74) is 5.02. The Balaban J connectivity index is 0. The second-order valence-electron chi connectivity index (χ2n) is 1.59. The van der Waals surface area contributed by atoms with Crippen LogP contribution in [0, 0.1) is 0 Å². The minimum Gasteiger partial charge on any atom is -0.480 e. The van der Waals surface area contributed by atoms with Crippen LogP contribution in [0.25, 0.3) is 0 Å². The molecule has 0 bridgehead atoms. The maximum absolute atomic E-state index is 9.81. The summed E-state index contributed by atoms with van der Waals surface area (Å²) < 4.78 is 24.2. The summed E-state index contributed by atoms with van der Waals surface area (Å²) in [7, 11) is -3.12. The van der Waals surface area contributed by atoms with Crippen molar-refractivity contribution in [3.05, 3.63) is 0 Å². The number of hydrogen-bond donors (Lipinski definition) is 4. The van der Waals surface area contributed by atoms with Crippen molar-refractivity contribution in [2.75, 3.05) is 0 Å². The van der Waals surface area contributed by atoms with E-state index in [1.165, 1.54) is 0 Å². The molecule has 7 heteroatoms. The van der Waals surface area contributed by atoms with Crippen LogP contribution in [0.1, 0.15) is 13.3 Å². The molecule has 0 aromatic heterocycles. The Morgan fingerprint density at radius 2 is 1.91 bits per heavy atom. The zero-order valence-electron chi connectivity index (χ0n) is 5.93. The molecule has 0 aromatic carbocycles. The van der Waals surface area contributed by atoms with Crippen molar-refractivity contribution in [3.8, 4) is 0 Å². The van der Waals surface area contributed by atoms with Gasteiger partial charge in [0.2, 0.25) is 0 Å². The van der Waals surface area contributed by atoms with Crippen LogP contribution in [0.2, 0.25) is 0 Å². The quantitative estimate of drug-likeness (QED) is 0.319. The molecule has 0 aliphatic rings. The second kappa shape index (κ2) is 7.45. The number of hydrogen-bond acceptors (Lipinski definition) is 4. The van der Waals surface area contributed by atoms with Crippen LogP contribution in [0.4, 0.5) is 0 Å². The van der Waals surface area contributed by atoms with E-state index in [-0.39, 0.29) is 0 Å². The third kappa shape index (κ3) is 17.6. The summed E-state index contributed by atoms with van der Waals surface area (Å²) in [5.74, 6) is -0.928. The normalized spacial score (nSPS) is 11.6. The lowest BCUT2D eigenvalue weighted by Crippen LogP contribution is -2.28. The number of carboxylic acids is 1. The Bertz CT molecular complexity index is 169. The molecule has 0 spiro atoms. The lowest BCUT2D eigenvalue weighted by Gasteiger charge is -1.97. The minimum absolute atomic E-state index is 0.495. The van der Waals surface area contributed by atoms with Gasteiger partial charge in [0, 0.05) is 0 Å². The zero-order valence-corrected chi connectivity index (χ0v) is 6.82. The molecule has 0 radical (unpaired) electrons. The van der Waals surface area contributed by atoms with Crippen molar-refractivity contribution < 1.29 is 22.9 Å². The highest BCUT2D eigenvalue weighted by Crippen LogP contribution is 1.82. The molecular formula is C4H11NO5S. The molecule has 1 unspecified atom stereocenters. The molecule has 0 heterocycles. The highest BCUT2D eigenvalue weighted by Gasteiger charge is 2.05. The Morgan fingerprint density at radius 1 is 1.64 bits per heavy atom. The molecule has 68 valence electrons. The molecule has 0 aromatic rings. The predicted molar refractivity (Wildman–Crippen MR) is 38.8 cm³/mol. The van der Waals surface area contributed by atoms with Gasteiger partial charge in [-0.1, -0.05) is 6.92 Å². The molecule has 6 nitrogen and oxygen atoms in total. The molecule has 0 saturated carbocycles. The lowest BCUT2D eigenvalue weighted by molar-refractivity contribution is -0.138. The van der Waals surface area contributed by atoms with Gasteiger partial charge >= 0.3 is 5.97 Å². The molecule has 0 amide bonds. The highest BCUT2D eigenvalue weighted by atomic mass is 32.2. The van der Waals surface area contributed by atoms with Crippen molar-refractivity contribution in [3.63, 3.8) is 0 Å². The average molecular weight is 185 g/mol. The van der Waals surface area contributed by atoms with Crippen LogP contribution in [-0.2, 0) is 15.8 Å². The highest BCUT2D eigenvalue weighted by molar-refractivity contribution is 7.66. The SMILES string of the molecule is CCC(N)C(=O)O.O=[SH](=O)O. The van der Waals surface area contributed by atoms with E-state index in [4.69, 9.17) is 23.8 Å². The Morgan fingerprint density at radius 3 is 1.91 bits per heavy atom. The van der Waals surface area contributed by atoms with Gasteiger partial charge in [0.1, 0.15) is 6.04 Å². The summed E-state index contributed by atoms with van der Waals surface area (Å²) in [5, 5.41) is 8.06. The van der Waals surface area contributed by atoms with E-state index >= 15 is 0 Å². The zero-order chi connectivity index (χ0) is 9.44. The molecular weight excluding hydrogens is 174 g/mol. The number of thiol groups is 1. The fraction of sp³-hybridized carbons (Fsp3) is 0.750. The first-order valence-electron chi connectivity index (χ1n) is 2.73. The van der Waals surface area contributed by atoms with Gasteiger partial charge in [0.05, 0.1) is 0 Å². The second-order valence-corrected chi connectivity index (χ2v) is 2.07. The molecule has 0 rings (SSSR count). The number of nitrogens with two attached hydrogens (primary N) is 1. The van der Waals surface area contributed by atoms with E-state index < -0.39 is 23.0 Å². The smallest absolute Gasteiger partial charge is 0.320 e. The van der Waals surface area contributed by atoms with Crippen molar-refractivity contribution in [1.29, 1.82) is 0 Å². The van der Waals surface area contributed by atoms with Crippen molar-refractivity contribution in [2.24, 2.45) is 5.73 Å². The topological polar surface area (TPSA) is 118 Å². The fourth-order valence-electron chi connectivity index (χ4n) is 0.175. The average Bonchev–Trinajstić information content (AvgIpc) is 1.85. The van der Waals surface area contributed by atoms with Crippen molar-refractivity contribution in [1.82, 2.24) is 0 Å². The Kier molecular flexibility index (Phi) is 8.78. The Labute approximate surface area is 65.8 Å². The van der Waals surface area contributed by atoms with E-state index in [1.807, 2.05) is 0 Å². The molecule has 1 atom stereocenters. The van der Waals surface area contributed by atoms with Gasteiger partial charge in [-0.15, -0.1) is 0 Å². The van der Waals surface area contributed by atoms with Crippen molar-refractivity contribution in [2.45, 2.75) is 19.4 Å². The van der Waals surface area contributed by atoms with Gasteiger partial charge in [0.15, 0.2) is 0 Å². The summed E-state index contributed by atoms with van der Waals surface area (Å²) in [6, 6.07) is -0.681. The number of rotatable bonds is 2. The van der Waals surface area contributed by atoms with Gasteiger partial charge in [-0.2, -0.15) is 0 Å². The summed E-state index contributed by atoms with van der Waals surface area (Å²) in [6.45, 7) is 1.73. The molecule has 11 heavy (non-hydrogen) atoms. The van der Waals surface area contributed by atoms with E-state index in [0.717, 1.165) is 0 Å². The molecule has 0 aliphatic heterocycles. The monoisotopic (exact) mass is 185 g/mol. The number of carboxylic acid groups (broad SMARTS) is 1. The van der Waals surface area contributed by atoms with Gasteiger partial charge in [-0.3, -0.25) is 9.35 Å². The number of aliphatic carboxylic acids is 1. The van der Waals surface area contributed by atoms with Crippen LogP contribution in [0.5, 0.6) is 0 Å². The van der Waals surface area contributed by atoms with Crippen LogP contribution >= 0.6 is 0 Å². The van der Waals surface area contributed by atoms with Crippen molar-refractivity contribution >= 4 is 17.0 Å². The van der Waals surface area contributed by atoms with Crippen LogP contribution in [0.3, 0.4) is 0 Å². The third-order valence-corrected chi connectivity index (χ3v) is 0.757. The lowest BCUT2D eigenvalue weighted by atomic mass is 10.2.